The molecule has 0 aliphatic carbocycles. The van der Waals surface area contributed by atoms with Gasteiger partial charge in [-0.15, -0.1) is 11.8 Å². The fourth-order valence-electron chi connectivity index (χ4n) is 8.08. The average Bonchev–Trinajstić information content (AvgIpc) is 3.27. The number of aromatic nitrogens is 2. The molecule has 0 spiro atoms. The van der Waals surface area contributed by atoms with E-state index in [1.807, 2.05) is 85.7 Å². The maximum atomic E-state index is 14.3. The lowest BCUT2D eigenvalue weighted by Crippen LogP contribution is -2.46. The summed E-state index contributed by atoms with van der Waals surface area (Å²) >= 11 is 7.54. The van der Waals surface area contributed by atoms with Gasteiger partial charge in [0.05, 0.1) is 16.3 Å². The van der Waals surface area contributed by atoms with Crippen molar-refractivity contribution in [3.8, 4) is 11.1 Å². The Kier molecular flexibility index (Phi) is 15.4. The highest BCUT2D eigenvalue weighted by atomic mass is 35.5. The largest absolute Gasteiger partial charge is 0.501 e. The molecular weight excluding hydrogens is 929 g/mol. The van der Waals surface area contributed by atoms with Gasteiger partial charge >= 0.3 is 5.51 Å². The van der Waals surface area contributed by atoms with Gasteiger partial charge in [0.1, 0.15) is 10.7 Å². The molecule has 2 aliphatic heterocycles. The number of hydrogen-bond acceptors (Lipinski definition) is 11. The summed E-state index contributed by atoms with van der Waals surface area (Å²) in [6, 6.07) is 27.1. The lowest BCUT2D eigenvalue weighted by Gasteiger charge is -2.40. The van der Waals surface area contributed by atoms with Gasteiger partial charge in [0.15, 0.2) is 5.82 Å². The molecule has 1 unspecified atom stereocenters. The molecule has 1 fully saturated rings. The topological polar surface area (TPSA) is 128 Å². The van der Waals surface area contributed by atoms with E-state index in [1.165, 1.54) is 17.3 Å². The van der Waals surface area contributed by atoms with Crippen molar-refractivity contribution in [2.75, 3.05) is 56.1 Å². The number of rotatable bonds is 17. The first kappa shape index (κ1) is 48.6. The van der Waals surface area contributed by atoms with Crippen molar-refractivity contribution in [1.82, 2.24) is 24.7 Å². The van der Waals surface area contributed by atoms with E-state index >= 15 is 0 Å². The zero-order valence-corrected chi connectivity index (χ0v) is 38.8. The summed E-state index contributed by atoms with van der Waals surface area (Å²) in [6.07, 6.45) is -0.991. The van der Waals surface area contributed by atoms with Gasteiger partial charge in [-0.05, 0) is 119 Å². The fourth-order valence-corrected chi connectivity index (χ4v) is 11.3. The van der Waals surface area contributed by atoms with Crippen molar-refractivity contribution < 1.29 is 38.8 Å². The highest BCUT2D eigenvalue weighted by molar-refractivity contribution is 7.99. The van der Waals surface area contributed by atoms with Crippen LogP contribution in [-0.2, 0) is 39.4 Å². The van der Waals surface area contributed by atoms with E-state index in [4.69, 9.17) is 11.6 Å². The molecular formula is C45H49ClF5N7O4S3. The Hall–Kier alpha value is -4.37. The molecule has 0 amide bonds. The van der Waals surface area contributed by atoms with Gasteiger partial charge in [-0.3, -0.25) is 14.5 Å². The Morgan fingerprint density at radius 1 is 0.892 bits per heavy atom. The van der Waals surface area contributed by atoms with Crippen LogP contribution < -0.4 is 10.0 Å². The number of sulfone groups is 1. The monoisotopic (exact) mass is 977 g/mol. The van der Waals surface area contributed by atoms with Crippen LogP contribution in [0.3, 0.4) is 0 Å². The second kappa shape index (κ2) is 20.7. The number of likely N-dealkylation sites (tertiary alicyclic amines) is 1. The predicted octanol–water partition coefficient (Wildman–Crippen LogP) is 9.38. The number of sulfonamides is 1. The number of anilines is 2. The Bertz CT molecular complexity index is 2660. The van der Waals surface area contributed by atoms with Gasteiger partial charge in [-0.25, -0.2) is 35.6 Å². The second-order valence-corrected chi connectivity index (χ2v) is 21.4. The summed E-state index contributed by atoms with van der Waals surface area (Å²) < 4.78 is 128. The van der Waals surface area contributed by atoms with E-state index < -0.39 is 65.0 Å². The smallest absolute Gasteiger partial charge is 0.380 e. The lowest BCUT2D eigenvalue weighted by atomic mass is 9.96. The van der Waals surface area contributed by atoms with E-state index in [2.05, 4.69) is 41.9 Å². The Labute approximate surface area is 385 Å². The molecule has 1 saturated heterocycles. The summed E-state index contributed by atoms with van der Waals surface area (Å²) in [7, 11) is -7.36. The molecule has 20 heteroatoms. The molecule has 0 saturated carbocycles. The highest BCUT2D eigenvalue weighted by Gasteiger charge is 2.48. The van der Waals surface area contributed by atoms with Crippen LogP contribution in [0.4, 0.5) is 33.5 Å². The molecule has 2 aliphatic rings. The minimum atomic E-state index is -6.10. The Balaban J connectivity index is 1.09. The summed E-state index contributed by atoms with van der Waals surface area (Å²) in [5, 5.41) is 3.60. The minimum Gasteiger partial charge on any atom is -0.380 e. The van der Waals surface area contributed by atoms with Gasteiger partial charge in [-0.2, -0.15) is 13.2 Å². The first-order valence-corrected chi connectivity index (χ1v) is 25.3. The van der Waals surface area contributed by atoms with Crippen molar-refractivity contribution in [3.05, 3.63) is 125 Å². The van der Waals surface area contributed by atoms with Crippen molar-refractivity contribution in [3.63, 3.8) is 0 Å². The molecule has 7 rings (SSSR count). The first-order chi connectivity index (χ1) is 30.9. The highest BCUT2D eigenvalue weighted by Crippen LogP contribution is 2.38. The predicted molar refractivity (Wildman–Crippen MR) is 245 cm³/mol. The summed E-state index contributed by atoms with van der Waals surface area (Å²) in [5.74, 6) is -1.02. The van der Waals surface area contributed by atoms with Gasteiger partial charge in [0, 0.05) is 53.0 Å². The maximum absolute atomic E-state index is 14.3. The molecule has 348 valence electrons. The molecule has 65 heavy (non-hydrogen) atoms. The number of fused-ring (bicyclic) bond motifs is 1. The van der Waals surface area contributed by atoms with Crippen LogP contribution in [-0.4, -0.2) is 105 Å². The zero-order chi connectivity index (χ0) is 46.5. The minimum absolute atomic E-state index is 0.0940. The van der Waals surface area contributed by atoms with E-state index in [1.54, 1.807) is 0 Å². The summed E-state index contributed by atoms with van der Waals surface area (Å²) in [5.41, 5.74) is -2.38. The lowest BCUT2D eigenvalue weighted by molar-refractivity contribution is -0.0435. The quantitative estimate of drug-likeness (QED) is 0.0684. The number of nitrogens with zero attached hydrogens (tertiary/aromatic N) is 5. The number of hydrogen-bond donors (Lipinski definition) is 2. The van der Waals surface area contributed by atoms with E-state index in [0.717, 1.165) is 60.6 Å². The normalized spacial score (nSPS) is 16.2. The number of thioether (sulfide) groups is 1. The molecule has 3 heterocycles. The van der Waals surface area contributed by atoms with E-state index in [-0.39, 0.29) is 30.3 Å². The molecule has 4 aromatic carbocycles. The van der Waals surface area contributed by atoms with Crippen LogP contribution in [0.15, 0.2) is 112 Å². The Morgan fingerprint density at radius 2 is 1.58 bits per heavy atom. The Morgan fingerprint density at radius 3 is 2.26 bits per heavy atom. The third-order valence-electron chi connectivity index (χ3n) is 11.5. The fraction of sp³-hybridized carbons (Fsp3) is 0.378. The molecule has 1 atom stereocenters. The van der Waals surface area contributed by atoms with Crippen LogP contribution >= 0.6 is 23.4 Å². The van der Waals surface area contributed by atoms with Crippen molar-refractivity contribution in [2.24, 2.45) is 0 Å². The summed E-state index contributed by atoms with van der Waals surface area (Å²) in [4.78, 5) is 13.1. The SMILES string of the molecule is CN(C)CCC(CSc1ccccc1)Nc1ccc(S(=O)(=O)Nc2nc(C(F)F)nc3c2CCN(C2CCN(Cc4ccccc4-c4ccc(Cl)cc4)CC2)C3)cc1S(=O)(=O)C(F)(F)F. The number of benzene rings is 4. The van der Waals surface area contributed by atoms with Gasteiger partial charge in [0.2, 0.25) is 0 Å². The van der Waals surface area contributed by atoms with Crippen LogP contribution in [0.25, 0.3) is 11.1 Å². The summed E-state index contributed by atoms with van der Waals surface area (Å²) in [6.45, 7) is 3.38. The standard InChI is InChI=1S/C45H49ClF5N7O4S3/c1-56(2)22-18-33(29-63-35-9-4-3-5-10-35)52-39-17-16-36(26-41(39)64(59,60)45(49,50)51)65(61,62)55-43-38-21-25-58(28-40(38)53-44(54-43)42(47)48)34-19-23-57(24-20-34)27-31-8-6-7-11-37(31)30-12-14-32(46)15-13-30/h3-17,26,33-34,42,52H,18-25,27-29H2,1-2H3,(H,53,54,55). The van der Waals surface area contributed by atoms with Crippen LogP contribution in [0, 0.1) is 0 Å². The maximum Gasteiger partial charge on any atom is 0.501 e. The van der Waals surface area contributed by atoms with E-state index in [9.17, 15) is 38.8 Å². The average molecular weight is 979 g/mol. The van der Waals surface area contributed by atoms with Crippen molar-refractivity contribution in [1.29, 1.82) is 0 Å². The van der Waals surface area contributed by atoms with Crippen LogP contribution in [0.2, 0.25) is 5.02 Å². The van der Waals surface area contributed by atoms with Crippen molar-refractivity contribution in [2.45, 2.75) is 77.5 Å². The number of nitrogens with one attached hydrogen (secondary N) is 2. The van der Waals surface area contributed by atoms with Gasteiger partial charge < -0.3 is 10.2 Å². The van der Waals surface area contributed by atoms with Crippen LogP contribution in [0.5, 0.6) is 0 Å². The number of piperidine rings is 1. The first-order valence-electron chi connectivity index (χ1n) is 20.9. The van der Waals surface area contributed by atoms with Crippen molar-refractivity contribution >= 4 is 54.7 Å². The molecule has 0 radical (unpaired) electrons. The molecule has 5 aromatic rings. The van der Waals surface area contributed by atoms with E-state index in [0.29, 0.717) is 36.4 Å². The van der Waals surface area contributed by atoms with Gasteiger partial charge in [0.25, 0.3) is 26.3 Å². The van der Waals surface area contributed by atoms with Crippen LogP contribution in [0.1, 0.15) is 48.3 Å². The third kappa shape index (κ3) is 12.0. The van der Waals surface area contributed by atoms with Gasteiger partial charge in [-0.1, -0.05) is 66.2 Å². The molecule has 2 N–H and O–H groups in total. The second-order valence-electron chi connectivity index (χ2n) is 16.3. The number of alkyl halides is 5. The third-order valence-corrected chi connectivity index (χ3v) is 15.8. The number of halogens is 6. The zero-order valence-electron chi connectivity index (χ0n) is 35.6. The molecule has 11 nitrogen and oxygen atoms in total. The molecule has 0 bridgehead atoms. The molecule has 1 aromatic heterocycles.